The van der Waals surface area contributed by atoms with Crippen LogP contribution in [0.25, 0.3) is 10.2 Å². The number of hydrogen-bond donors (Lipinski definition) is 1. The Hall–Kier alpha value is -1.44. The SMILES string of the molecule is Cc1sc2ncnc(N3CCC(C(=O)N4CC5CCC(N)C5C4)CC3)c2c1C.Cl. The molecule has 3 atom stereocenters. The van der Waals surface area contributed by atoms with Crippen molar-refractivity contribution in [1.82, 2.24) is 14.9 Å². The molecule has 1 amide bonds. The van der Waals surface area contributed by atoms with Gasteiger partial charge in [-0.25, -0.2) is 9.97 Å². The second-order valence-electron chi connectivity index (χ2n) is 8.83. The van der Waals surface area contributed by atoms with Crippen LogP contribution in [0.3, 0.4) is 0 Å². The molecule has 2 aromatic heterocycles. The zero-order chi connectivity index (χ0) is 19.4. The zero-order valence-corrected chi connectivity index (χ0v) is 18.8. The molecular formula is C21H30ClN5OS. The standard InChI is InChI=1S/C21H29N5OS.ClH/c1-12-13(2)28-20-18(12)19(23-11-24-20)25-7-5-14(6-8-25)21(27)26-9-15-3-4-17(22)16(15)10-26;/h11,14-17H,3-10,22H2,1-2H3;1H. The molecule has 3 aliphatic rings. The fourth-order valence-corrected chi connectivity index (χ4v) is 6.48. The van der Waals surface area contributed by atoms with Gasteiger partial charge in [0.25, 0.3) is 0 Å². The molecule has 1 aliphatic carbocycles. The Morgan fingerprint density at radius 3 is 2.62 bits per heavy atom. The van der Waals surface area contributed by atoms with Gasteiger partial charge in [0.05, 0.1) is 5.39 Å². The first kappa shape index (κ1) is 20.8. The monoisotopic (exact) mass is 435 g/mol. The number of aromatic nitrogens is 2. The number of nitrogens with two attached hydrogens (primary N) is 1. The number of rotatable bonds is 2. The van der Waals surface area contributed by atoms with Crippen molar-refractivity contribution in [1.29, 1.82) is 0 Å². The Bertz CT molecular complexity index is 910. The maximum absolute atomic E-state index is 13.1. The number of aryl methyl sites for hydroxylation is 2. The van der Waals surface area contributed by atoms with Crippen LogP contribution in [0.2, 0.25) is 0 Å². The molecule has 2 saturated heterocycles. The van der Waals surface area contributed by atoms with Gasteiger partial charge in [-0.15, -0.1) is 23.7 Å². The van der Waals surface area contributed by atoms with E-state index in [1.165, 1.54) is 22.2 Å². The summed E-state index contributed by atoms with van der Waals surface area (Å²) in [5.41, 5.74) is 7.53. The van der Waals surface area contributed by atoms with E-state index < -0.39 is 0 Å². The number of piperidine rings is 1. The lowest BCUT2D eigenvalue weighted by Gasteiger charge is -2.34. The van der Waals surface area contributed by atoms with E-state index in [9.17, 15) is 4.79 Å². The Morgan fingerprint density at radius 1 is 1.14 bits per heavy atom. The molecule has 0 aromatic carbocycles. The molecule has 4 heterocycles. The van der Waals surface area contributed by atoms with Gasteiger partial charge in [-0.3, -0.25) is 4.79 Å². The number of carbonyl (C=O) groups is 1. The number of thiophene rings is 1. The molecule has 5 rings (SSSR count). The van der Waals surface area contributed by atoms with Crippen molar-refractivity contribution in [2.24, 2.45) is 23.5 Å². The average Bonchev–Trinajstić information content (AvgIpc) is 3.37. The molecule has 6 nitrogen and oxygen atoms in total. The van der Waals surface area contributed by atoms with Gasteiger partial charge in [0, 0.05) is 43.0 Å². The van der Waals surface area contributed by atoms with Crippen LogP contribution in [0.15, 0.2) is 6.33 Å². The molecule has 3 unspecified atom stereocenters. The summed E-state index contributed by atoms with van der Waals surface area (Å²) < 4.78 is 0. The zero-order valence-electron chi connectivity index (χ0n) is 17.1. The maximum atomic E-state index is 13.1. The van der Waals surface area contributed by atoms with Gasteiger partial charge in [0.15, 0.2) is 0 Å². The minimum atomic E-state index is 0. The van der Waals surface area contributed by atoms with Crippen molar-refractivity contribution in [3.63, 3.8) is 0 Å². The molecule has 3 fully saturated rings. The molecule has 29 heavy (non-hydrogen) atoms. The van der Waals surface area contributed by atoms with Crippen molar-refractivity contribution in [2.45, 2.75) is 45.6 Å². The molecule has 1 saturated carbocycles. The molecule has 8 heteroatoms. The van der Waals surface area contributed by atoms with E-state index in [-0.39, 0.29) is 18.3 Å². The predicted octanol–water partition coefficient (Wildman–Crippen LogP) is 3.14. The van der Waals surface area contributed by atoms with Crippen LogP contribution in [0.5, 0.6) is 0 Å². The number of halogens is 1. The van der Waals surface area contributed by atoms with Crippen LogP contribution in [0.4, 0.5) is 5.82 Å². The van der Waals surface area contributed by atoms with Crippen LogP contribution >= 0.6 is 23.7 Å². The fourth-order valence-electron chi connectivity index (χ4n) is 5.49. The first-order valence-electron chi connectivity index (χ1n) is 10.5. The van der Waals surface area contributed by atoms with Gasteiger partial charge in [-0.1, -0.05) is 0 Å². The highest BCUT2D eigenvalue weighted by molar-refractivity contribution is 7.18. The largest absolute Gasteiger partial charge is 0.356 e. The number of likely N-dealkylation sites (tertiary alicyclic amines) is 1. The second-order valence-corrected chi connectivity index (χ2v) is 10.0. The van der Waals surface area contributed by atoms with Crippen LogP contribution in [0.1, 0.15) is 36.1 Å². The maximum Gasteiger partial charge on any atom is 0.225 e. The van der Waals surface area contributed by atoms with E-state index in [0.717, 1.165) is 56.1 Å². The summed E-state index contributed by atoms with van der Waals surface area (Å²) in [6.07, 6.45) is 5.81. The van der Waals surface area contributed by atoms with Crippen LogP contribution in [-0.2, 0) is 4.79 Å². The molecular weight excluding hydrogens is 406 g/mol. The molecule has 2 aliphatic heterocycles. The van der Waals surface area contributed by atoms with Gasteiger partial charge < -0.3 is 15.5 Å². The summed E-state index contributed by atoms with van der Waals surface area (Å²) >= 11 is 1.74. The van der Waals surface area contributed by atoms with E-state index in [2.05, 4.69) is 33.6 Å². The summed E-state index contributed by atoms with van der Waals surface area (Å²) in [5, 5.41) is 1.19. The highest BCUT2D eigenvalue weighted by Crippen LogP contribution is 2.39. The highest BCUT2D eigenvalue weighted by Gasteiger charge is 2.43. The number of carbonyl (C=O) groups excluding carboxylic acids is 1. The lowest BCUT2D eigenvalue weighted by molar-refractivity contribution is -0.135. The molecule has 0 radical (unpaired) electrons. The van der Waals surface area contributed by atoms with E-state index in [4.69, 9.17) is 5.73 Å². The Morgan fingerprint density at radius 2 is 1.90 bits per heavy atom. The highest BCUT2D eigenvalue weighted by atomic mass is 35.5. The number of amides is 1. The second kappa shape index (κ2) is 8.00. The quantitative estimate of drug-likeness (QED) is 0.784. The van der Waals surface area contributed by atoms with E-state index in [0.29, 0.717) is 23.8 Å². The molecule has 0 bridgehead atoms. The summed E-state index contributed by atoms with van der Waals surface area (Å²) in [5.74, 6) is 2.71. The van der Waals surface area contributed by atoms with Crippen molar-refractivity contribution in [3.8, 4) is 0 Å². The van der Waals surface area contributed by atoms with E-state index in [1.54, 1.807) is 17.7 Å². The number of hydrogen-bond acceptors (Lipinski definition) is 6. The summed E-state index contributed by atoms with van der Waals surface area (Å²) in [6.45, 7) is 7.89. The van der Waals surface area contributed by atoms with Gasteiger partial charge in [0.2, 0.25) is 5.91 Å². The average molecular weight is 436 g/mol. The molecule has 158 valence electrons. The van der Waals surface area contributed by atoms with Crippen molar-refractivity contribution < 1.29 is 4.79 Å². The van der Waals surface area contributed by atoms with Crippen molar-refractivity contribution in [3.05, 3.63) is 16.8 Å². The minimum Gasteiger partial charge on any atom is -0.356 e. The van der Waals surface area contributed by atoms with Crippen LogP contribution in [0, 0.1) is 31.6 Å². The number of anilines is 1. The first-order valence-corrected chi connectivity index (χ1v) is 11.3. The van der Waals surface area contributed by atoms with Gasteiger partial charge in [-0.2, -0.15) is 0 Å². The van der Waals surface area contributed by atoms with Crippen LogP contribution < -0.4 is 10.6 Å². The third-order valence-electron chi connectivity index (χ3n) is 7.31. The third-order valence-corrected chi connectivity index (χ3v) is 8.43. The minimum absolute atomic E-state index is 0. The Balaban J connectivity index is 0.00000205. The van der Waals surface area contributed by atoms with E-state index in [1.807, 2.05) is 0 Å². The molecule has 2 aromatic rings. The molecule has 2 N–H and O–H groups in total. The molecule has 0 spiro atoms. The van der Waals surface area contributed by atoms with Gasteiger partial charge in [-0.05, 0) is 56.9 Å². The smallest absolute Gasteiger partial charge is 0.225 e. The third kappa shape index (κ3) is 3.51. The summed E-state index contributed by atoms with van der Waals surface area (Å²) in [7, 11) is 0. The fraction of sp³-hybridized carbons (Fsp3) is 0.667. The van der Waals surface area contributed by atoms with Crippen LogP contribution in [-0.4, -0.2) is 53.0 Å². The van der Waals surface area contributed by atoms with Crippen molar-refractivity contribution in [2.75, 3.05) is 31.1 Å². The summed E-state index contributed by atoms with van der Waals surface area (Å²) in [6, 6.07) is 0.294. The Labute approximate surface area is 182 Å². The lowest BCUT2D eigenvalue weighted by atomic mass is 9.95. The van der Waals surface area contributed by atoms with Gasteiger partial charge >= 0.3 is 0 Å². The summed E-state index contributed by atoms with van der Waals surface area (Å²) in [4.78, 5) is 29.0. The normalized spacial score (nSPS) is 27.3. The van der Waals surface area contributed by atoms with Crippen molar-refractivity contribution >= 4 is 45.7 Å². The number of fused-ring (bicyclic) bond motifs is 2. The van der Waals surface area contributed by atoms with Gasteiger partial charge in [0.1, 0.15) is 17.0 Å². The topological polar surface area (TPSA) is 75.4 Å². The predicted molar refractivity (Wildman–Crippen MR) is 120 cm³/mol. The lowest BCUT2D eigenvalue weighted by Crippen LogP contribution is -2.43. The Kier molecular flexibility index (Phi) is 5.75. The number of nitrogens with zero attached hydrogens (tertiary/aromatic N) is 4. The first-order chi connectivity index (χ1) is 13.5. The van der Waals surface area contributed by atoms with E-state index >= 15 is 0 Å².